The number of allylic oxidation sites excluding steroid dienone is 2. The summed E-state index contributed by atoms with van der Waals surface area (Å²) >= 11 is 0. The Morgan fingerprint density at radius 3 is 2.65 bits per heavy atom. The summed E-state index contributed by atoms with van der Waals surface area (Å²) in [4.78, 5) is 3.69. The molecule has 5 rings (SSSR count). The Hall–Kier alpha value is -2.48. The number of hydrogen-bond donors (Lipinski definition) is 1. The van der Waals surface area contributed by atoms with Crippen molar-refractivity contribution in [2.24, 2.45) is 5.92 Å². The van der Waals surface area contributed by atoms with Crippen LogP contribution in [0.2, 0.25) is 0 Å². The van der Waals surface area contributed by atoms with Crippen molar-refractivity contribution in [1.82, 2.24) is 4.98 Å². The molecule has 0 fully saturated rings. The third kappa shape index (κ3) is 1.81. The number of ether oxygens (including phenoxy) is 1. The molecular formula is C21H19NO. The van der Waals surface area contributed by atoms with E-state index >= 15 is 0 Å². The molecule has 1 aromatic heterocycles. The van der Waals surface area contributed by atoms with Gasteiger partial charge in [-0.15, -0.1) is 0 Å². The molecule has 114 valence electrons. The maximum Gasteiger partial charge on any atom is 0.118 e. The summed E-state index contributed by atoms with van der Waals surface area (Å²) in [5, 5.41) is 1.38. The molecule has 3 atom stereocenters. The fourth-order valence-corrected chi connectivity index (χ4v) is 4.44. The third-order valence-corrected chi connectivity index (χ3v) is 5.48. The van der Waals surface area contributed by atoms with Gasteiger partial charge in [0.05, 0.1) is 7.11 Å². The molecule has 3 unspecified atom stereocenters. The van der Waals surface area contributed by atoms with Gasteiger partial charge < -0.3 is 9.72 Å². The molecule has 3 aromatic rings. The van der Waals surface area contributed by atoms with E-state index in [2.05, 4.69) is 65.7 Å². The lowest BCUT2D eigenvalue weighted by atomic mass is 9.73. The number of aromatic nitrogens is 1. The fraction of sp³-hybridized carbons (Fsp3) is 0.238. The summed E-state index contributed by atoms with van der Waals surface area (Å²) in [6.45, 7) is 0. The second kappa shape index (κ2) is 4.76. The topological polar surface area (TPSA) is 25.0 Å². The summed E-state index contributed by atoms with van der Waals surface area (Å²) < 4.78 is 5.32. The molecule has 0 spiro atoms. The molecule has 2 aliphatic carbocycles. The first kappa shape index (κ1) is 13.0. The fourth-order valence-electron chi connectivity index (χ4n) is 4.44. The molecule has 2 aromatic carbocycles. The number of benzene rings is 2. The summed E-state index contributed by atoms with van der Waals surface area (Å²) in [5.41, 5.74) is 5.55. The van der Waals surface area contributed by atoms with Crippen LogP contribution in [0.25, 0.3) is 10.9 Å². The number of aromatic amines is 1. The number of fused-ring (bicyclic) bond motifs is 6. The SMILES string of the molecule is COc1ccc(C2c3c([nH]c4ccccc34)C3C=CC2C3)cc1. The Balaban J connectivity index is 1.74. The molecule has 2 aliphatic rings. The lowest BCUT2D eigenvalue weighted by Crippen LogP contribution is -2.18. The standard InChI is InChI=1S/C21H19NO/c1-23-16-10-8-13(9-11-16)19-14-6-7-15(12-14)21-20(19)17-4-2-3-5-18(17)22-21/h2-11,14-15,19,22H,12H2,1H3. The number of nitrogens with one attached hydrogen (secondary N) is 1. The van der Waals surface area contributed by atoms with Crippen molar-refractivity contribution in [3.05, 3.63) is 77.5 Å². The van der Waals surface area contributed by atoms with Crippen molar-refractivity contribution in [2.75, 3.05) is 7.11 Å². The highest BCUT2D eigenvalue weighted by atomic mass is 16.5. The van der Waals surface area contributed by atoms with Crippen LogP contribution in [-0.2, 0) is 0 Å². The zero-order valence-corrected chi connectivity index (χ0v) is 13.1. The molecule has 1 N–H and O–H groups in total. The van der Waals surface area contributed by atoms with Crippen molar-refractivity contribution >= 4 is 10.9 Å². The summed E-state index contributed by atoms with van der Waals surface area (Å²) in [6.07, 6.45) is 6.03. The van der Waals surface area contributed by atoms with Crippen LogP contribution < -0.4 is 4.74 Å². The molecule has 0 saturated heterocycles. The largest absolute Gasteiger partial charge is 0.497 e. The van der Waals surface area contributed by atoms with Gasteiger partial charge in [0.2, 0.25) is 0 Å². The minimum atomic E-state index is 0.432. The quantitative estimate of drug-likeness (QED) is 0.663. The lowest BCUT2D eigenvalue weighted by Gasteiger charge is -2.30. The van der Waals surface area contributed by atoms with Gasteiger partial charge >= 0.3 is 0 Å². The molecule has 0 saturated carbocycles. The van der Waals surface area contributed by atoms with Crippen LogP contribution in [-0.4, -0.2) is 12.1 Å². The number of hydrogen-bond acceptors (Lipinski definition) is 1. The minimum Gasteiger partial charge on any atom is -0.497 e. The second-order valence-corrected chi connectivity index (χ2v) is 6.64. The minimum absolute atomic E-state index is 0.432. The zero-order valence-electron chi connectivity index (χ0n) is 13.1. The van der Waals surface area contributed by atoms with E-state index in [4.69, 9.17) is 4.74 Å². The predicted octanol–water partition coefficient (Wildman–Crippen LogP) is 4.98. The van der Waals surface area contributed by atoms with Crippen molar-refractivity contribution in [2.45, 2.75) is 18.3 Å². The van der Waals surface area contributed by atoms with Gasteiger partial charge in [-0.3, -0.25) is 0 Å². The number of methoxy groups -OCH3 is 1. The second-order valence-electron chi connectivity index (χ2n) is 6.64. The smallest absolute Gasteiger partial charge is 0.118 e. The van der Waals surface area contributed by atoms with Crippen molar-refractivity contribution in [3.63, 3.8) is 0 Å². The number of H-pyrrole nitrogens is 1. The average molecular weight is 301 g/mol. The van der Waals surface area contributed by atoms with E-state index < -0.39 is 0 Å². The van der Waals surface area contributed by atoms with Gasteiger partial charge in [0, 0.05) is 28.4 Å². The molecule has 2 nitrogen and oxygen atoms in total. The van der Waals surface area contributed by atoms with E-state index in [-0.39, 0.29) is 0 Å². The van der Waals surface area contributed by atoms with E-state index in [1.54, 1.807) is 7.11 Å². The van der Waals surface area contributed by atoms with Gasteiger partial charge in [-0.2, -0.15) is 0 Å². The summed E-state index contributed by atoms with van der Waals surface area (Å²) in [7, 11) is 1.72. The van der Waals surface area contributed by atoms with Gasteiger partial charge in [0.25, 0.3) is 0 Å². The summed E-state index contributed by atoms with van der Waals surface area (Å²) in [5.74, 6) is 2.50. The van der Waals surface area contributed by atoms with Gasteiger partial charge in [-0.25, -0.2) is 0 Å². The van der Waals surface area contributed by atoms with Crippen LogP contribution in [0.5, 0.6) is 5.75 Å². The monoisotopic (exact) mass is 301 g/mol. The van der Waals surface area contributed by atoms with Gasteiger partial charge in [-0.05, 0) is 41.7 Å². The molecule has 0 aliphatic heterocycles. The van der Waals surface area contributed by atoms with E-state index in [0.717, 1.165) is 5.75 Å². The third-order valence-electron chi connectivity index (χ3n) is 5.48. The Bertz CT molecular complexity index is 903. The van der Waals surface area contributed by atoms with Gasteiger partial charge in [-0.1, -0.05) is 42.5 Å². The van der Waals surface area contributed by atoms with Crippen LogP contribution in [0.15, 0.2) is 60.7 Å². The number of para-hydroxylation sites is 1. The van der Waals surface area contributed by atoms with E-state index in [0.29, 0.717) is 17.8 Å². The molecule has 2 heteroatoms. The average Bonchev–Trinajstić information content (AvgIpc) is 3.19. The lowest BCUT2D eigenvalue weighted by molar-refractivity contribution is 0.414. The highest BCUT2D eigenvalue weighted by Gasteiger charge is 2.39. The maximum atomic E-state index is 5.32. The normalized spacial score (nSPS) is 24.8. The van der Waals surface area contributed by atoms with Crippen molar-refractivity contribution in [1.29, 1.82) is 0 Å². The zero-order chi connectivity index (χ0) is 15.4. The predicted molar refractivity (Wildman–Crippen MR) is 93.1 cm³/mol. The molecule has 2 bridgehead atoms. The van der Waals surface area contributed by atoms with E-state index in [1.807, 2.05) is 0 Å². The van der Waals surface area contributed by atoms with Gasteiger partial charge in [0.1, 0.15) is 5.75 Å². The highest BCUT2D eigenvalue weighted by Crippen LogP contribution is 2.52. The van der Waals surface area contributed by atoms with Crippen molar-refractivity contribution < 1.29 is 4.74 Å². The first-order valence-corrected chi connectivity index (χ1v) is 8.28. The first-order valence-electron chi connectivity index (χ1n) is 8.28. The van der Waals surface area contributed by atoms with Crippen molar-refractivity contribution in [3.8, 4) is 5.75 Å². The summed E-state index contributed by atoms with van der Waals surface area (Å²) in [6, 6.07) is 17.3. The Morgan fingerprint density at radius 1 is 1.00 bits per heavy atom. The van der Waals surface area contributed by atoms with Crippen LogP contribution in [0.1, 0.15) is 35.1 Å². The Morgan fingerprint density at radius 2 is 1.83 bits per heavy atom. The van der Waals surface area contributed by atoms with Crippen LogP contribution in [0.3, 0.4) is 0 Å². The van der Waals surface area contributed by atoms with Crippen LogP contribution in [0.4, 0.5) is 0 Å². The molecule has 0 amide bonds. The molecule has 1 heterocycles. The maximum absolute atomic E-state index is 5.32. The number of rotatable bonds is 2. The molecular weight excluding hydrogens is 282 g/mol. The Labute approximate surface area is 135 Å². The van der Waals surface area contributed by atoms with E-state index in [1.165, 1.54) is 34.1 Å². The highest BCUT2D eigenvalue weighted by molar-refractivity contribution is 5.86. The molecule has 23 heavy (non-hydrogen) atoms. The van der Waals surface area contributed by atoms with Gasteiger partial charge in [0.15, 0.2) is 0 Å². The van der Waals surface area contributed by atoms with Crippen LogP contribution in [0, 0.1) is 5.92 Å². The van der Waals surface area contributed by atoms with E-state index in [9.17, 15) is 0 Å². The van der Waals surface area contributed by atoms with Crippen LogP contribution >= 0.6 is 0 Å². The Kier molecular flexibility index (Phi) is 2.69. The first-order chi connectivity index (χ1) is 11.3. The molecule has 0 radical (unpaired) electrons.